The van der Waals surface area contributed by atoms with Crippen molar-refractivity contribution in [2.45, 2.75) is 56.9 Å². The van der Waals surface area contributed by atoms with Gasteiger partial charge in [0.25, 0.3) is 0 Å². The third kappa shape index (κ3) is 4.52. The normalized spacial score (nSPS) is 15.9. The maximum atomic E-state index is 12.5. The van der Waals surface area contributed by atoms with Gasteiger partial charge in [0.05, 0.1) is 11.2 Å². The minimum atomic E-state index is -0.599. The minimum Gasteiger partial charge on any atom is -0.344 e. The smallest absolute Gasteiger partial charge is 0.242 e. The van der Waals surface area contributed by atoms with Crippen LogP contribution in [0.3, 0.4) is 0 Å². The van der Waals surface area contributed by atoms with Gasteiger partial charge in [0.2, 0.25) is 5.91 Å². The topological polar surface area (TPSA) is 75.0 Å². The summed E-state index contributed by atoms with van der Waals surface area (Å²) in [6.07, 6.45) is 7.99. The lowest BCUT2D eigenvalue weighted by Crippen LogP contribution is -2.52. The van der Waals surface area contributed by atoms with E-state index in [1.165, 1.54) is 5.69 Å². The molecular weight excluding hydrogens is 324 g/mol. The van der Waals surface area contributed by atoms with E-state index >= 15 is 0 Å². The number of hydrogen-bond donors (Lipinski definition) is 2. The lowest BCUT2D eigenvalue weighted by Gasteiger charge is -2.28. The molecule has 0 saturated heterocycles. The van der Waals surface area contributed by atoms with Gasteiger partial charge < -0.3 is 10.6 Å². The number of benzene rings is 1. The highest BCUT2D eigenvalue weighted by atomic mass is 16.2. The molecule has 5 heteroatoms. The molecule has 1 saturated carbocycles. The predicted molar refractivity (Wildman–Crippen MR) is 105 cm³/mol. The Morgan fingerprint density at radius 2 is 1.92 bits per heavy atom. The summed E-state index contributed by atoms with van der Waals surface area (Å²) in [6, 6.07) is 12.3. The SMILES string of the molecule is CN(CCCCCc1cc(-c2ccccc2)n[nH]1)C(=O)C1(N)CCCC1. The highest BCUT2D eigenvalue weighted by molar-refractivity contribution is 5.86. The van der Waals surface area contributed by atoms with E-state index in [4.69, 9.17) is 5.73 Å². The molecule has 0 aliphatic heterocycles. The Bertz CT molecular complexity index is 704. The summed E-state index contributed by atoms with van der Waals surface area (Å²) in [5.41, 5.74) is 8.96. The van der Waals surface area contributed by atoms with E-state index in [2.05, 4.69) is 28.4 Å². The zero-order valence-electron chi connectivity index (χ0n) is 15.7. The van der Waals surface area contributed by atoms with Crippen LogP contribution in [0, 0.1) is 0 Å². The molecular formula is C21H30N4O. The number of aryl methyl sites for hydroxylation is 1. The van der Waals surface area contributed by atoms with E-state index in [9.17, 15) is 4.79 Å². The van der Waals surface area contributed by atoms with Gasteiger partial charge in [-0.05, 0) is 38.2 Å². The fourth-order valence-corrected chi connectivity index (χ4v) is 3.79. The molecule has 0 bridgehead atoms. The number of carbonyl (C=O) groups is 1. The molecule has 1 fully saturated rings. The molecule has 0 spiro atoms. The van der Waals surface area contributed by atoms with Gasteiger partial charge in [0.1, 0.15) is 0 Å². The molecule has 5 nitrogen and oxygen atoms in total. The highest BCUT2D eigenvalue weighted by Gasteiger charge is 2.38. The predicted octanol–water partition coefficient (Wildman–Crippen LogP) is 3.52. The number of aromatic nitrogens is 2. The van der Waals surface area contributed by atoms with Gasteiger partial charge in [-0.2, -0.15) is 5.10 Å². The average molecular weight is 354 g/mol. The summed E-state index contributed by atoms with van der Waals surface area (Å²) in [5, 5.41) is 7.53. The second-order valence-corrected chi connectivity index (χ2v) is 7.55. The van der Waals surface area contributed by atoms with E-state index in [0.717, 1.165) is 69.2 Å². The van der Waals surface area contributed by atoms with Gasteiger partial charge >= 0.3 is 0 Å². The van der Waals surface area contributed by atoms with Crippen LogP contribution in [-0.2, 0) is 11.2 Å². The molecule has 0 unspecified atom stereocenters. The number of likely N-dealkylation sites (N-methyl/N-ethyl adjacent to an activating group) is 1. The van der Waals surface area contributed by atoms with E-state index in [0.29, 0.717) is 0 Å². The van der Waals surface area contributed by atoms with Crippen molar-refractivity contribution in [3.05, 3.63) is 42.1 Å². The third-order valence-electron chi connectivity index (χ3n) is 5.41. The quantitative estimate of drug-likeness (QED) is 0.712. The number of rotatable bonds is 8. The number of unbranched alkanes of at least 4 members (excludes halogenated alkanes) is 2. The zero-order chi connectivity index (χ0) is 18.4. The van der Waals surface area contributed by atoms with Gasteiger partial charge in [0.15, 0.2) is 0 Å². The molecule has 2 aromatic rings. The molecule has 1 heterocycles. The van der Waals surface area contributed by atoms with Crippen molar-refractivity contribution in [3.8, 4) is 11.3 Å². The van der Waals surface area contributed by atoms with Crippen molar-refractivity contribution in [1.29, 1.82) is 0 Å². The van der Waals surface area contributed by atoms with Crippen molar-refractivity contribution in [1.82, 2.24) is 15.1 Å². The molecule has 1 aromatic carbocycles. The molecule has 1 aliphatic rings. The molecule has 3 rings (SSSR count). The first-order chi connectivity index (χ1) is 12.6. The van der Waals surface area contributed by atoms with E-state index in [1.807, 2.05) is 30.1 Å². The second-order valence-electron chi connectivity index (χ2n) is 7.55. The van der Waals surface area contributed by atoms with Crippen molar-refractivity contribution in [2.24, 2.45) is 5.73 Å². The van der Waals surface area contributed by atoms with Crippen LogP contribution in [-0.4, -0.2) is 40.1 Å². The van der Waals surface area contributed by atoms with Crippen LogP contribution in [0.2, 0.25) is 0 Å². The Hall–Kier alpha value is -2.14. The van der Waals surface area contributed by atoms with Crippen LogP contribution < -0.4 is 5.73 Å². The maximum Gasteiger partial charge on any atom is 0.242 e. The first-order valence-corrected chi connectivity index (χ1v) is 9.73. The van der Waals surface area contributed by atoms with Crippen LogP contribution >= 0.6 is 0 Å². The number of amides is 1. The first kappa shape index (κ1) is 18.6. The molecule has 1 amide bonds. The van der Waals surface area contributed by atoms with Gasteiger partial charge in [-0.15, -0.1) is 0 Å². The van der Waals surface area contributed by atoms with E-state index in [-0.39, 0.29) is 5.91 Å². The van der Waals surface area contributed by atoms with Crippen LogP contribution in [0.25, 0.3) is 11.3 Å². The largest absolute Gasteiger partial charge is 0.344 e. The number of nitrogens with two attached hydrogens (primary N) is 1. The summed E-state index contributed by atoms with van der Waals surface area (Å²) in [7, 11) is 1.89. The average Bonchev–Trinajstić information content (AvgIpc) is 3.31. The zero-order valence-corrected chi connectivity index (χ0v) is 15.7. The van der Waals surface area contributed by atoms with Gasteiger partial charge in [-0.1, -0.05) is 49.6 Å². The first-order valence-electron chi connectivity index (χ1n) is 9.73. The van der Waals surface area contributed by atoms with Gasteiger partial charge in [0, 0.05) is 24.8 Å². The van der Waals surface area contributed by atoms with Crippen molar-refractivity contribution >= 4 is 5.91 Å². The highest BCUT2D eigenvalue weighted by Crippen LogP contribution is 2.28. The molecule has 0 atom stereocenters. The Morgan fingerprint density at radius 1 is 1.19 bits per heavy atom. The fourth-order valence-electron chi connectivity index (χ4n) is 3.79. The number of nitrogens with zero attached hydrogens (tertiary/aromatic N) is 2. The van der Waals surface area contributed by atoms with Gasteiger partial charge in [-0.25, -0.2) is 0 Å². The number of aromatic amines is 1. The number of hydrogen-bond acceptors (Lipinski definition) is 3. The number of carbonyl (C=O) groups excluding carboxylic acids is 1. The van der Waals surface area contributed by atoms with Crippen LogP contribution in [0.4, 0.5) is 0 Å². The molecule has 26 heavy (non-hydrogen) atoms. The summed E-state index contributed by atoms with van der Waals surface area (Å²) in [4.78, 5) is 14.3. The Balaban J connectivity index is 1.37. The Morgan fingerprint density at radius 3 is 2.65 bits per heavy atom. The van der Waals surface area contributed by atoms with Crippen molar-refractivity contribution < 1.29 is 4.79 Å². The van der Waals surface area contributed by atoms with Gasteiger partial charge in [-0.3, -0.25) is 9.89 Å². The maximum absolute atomic E-state index is 12.5. The second kappa shape index (κ2) is 8.49. The summed E-state index contributed by atoms with van der Waals surface area (Å²) < 4.78 is 0. The number of H-pyrrole nitrogens is 1. The monoisotopic (exact) mass is 354 g/mol. The fraction of sp³-hybridized carbons (Fsp3) is 0.524. The van der Waals surface area contributed by atoms with Crippen LogP contribution in [0.5, 0.6) is 0 Å². The van der Waals surface area contributed by atoms with E-state index in [1.54, 1.807) is 0 Å². The number of nitrogens with one attached hydrogen (secondary N) is 1. The Kier molecular flexibility index (Phi) is 6.09. The standard InChI is InChI=1S/C21H30N4O/c1-25(20(26)21(22)13-7-8-14-21)15-9-3-6-12-18-16-19(24-23-18)17-10-4-2-5-11-17/h2,4-5,10-11,16H,3,6-9,12-15,22H2,1H3,(H,23,24). The lowest BCUT2D eigenvalue weighted by molar-refractivity contribution is -0.135. The lowest BCUT2D eigenvalue weighted by atomic mass is 9.97. The van der Waals surface area contributed by atoms with Crippen LogP contribution in [0.15, 0.2) is 36.4 Å². The summed E-state index contributed by atoms with van der Waals surface area (Å²) >= 11 is 0. The molecule has 0 radical (unpaired) electrons. The summed E-state index contributed by atoms with van der Waals surface area (Å²) in [5.74, 6) is 0.121. The molecule has 140 valence electrons. The minimum absolute atomic E-state index is 0.121. The Labute approximate surface area is 156 Å². The van der Waals surface area contributed by atoms with E-state index < -0.39 is 5.54 Å². The van der Waals surface area contributed by atoms with Crippen molar-refractivity contribution in [2.75, 3.05) is 13.6 Å². The molecule has 1 aromatic heterocycles. The van der Waals surface area contributed by atoms with Crippen LogP contribution in [0.1, 0.15) is 50.6 Å². The molecule has 3 N–H and O–H groups in total. The summed E-state index contributed by atoms with van der Waals surface area (Å²) in [6.45, 7) is 0.788. The van der Waals surface area contributed by atoms with Crippen molar-refractivity contribution in [3.63, 3.8) is 0 Å². The third-order valence-corrected chi connectivity index (χ3v) is 5.41. The molecule has 1 aliphatic carbocycles.